The first-order valence-corrected chi connectivity index (χ1v) is 7.88. The van der Waals surface area contributed by atoms with Gasteiger partial charge in [-0.05, 0) is 6.42 Å². The second kappa shape index (κ2) is 8.46. The van der Waals surface area contributed by atoms with Gasteiger partial charge in [-0.3, -0.25) is 0 Å². The molecule has 0 radical (unpaired) electrons. The molecule has 1 aliphatic rings. The van der Waals surface area contributed by atoms with E-state index in [0.29, 0.717) is 11.8 Å². The van der Waals surface area contributed by atoms with Crippen molar-refractivity contribution in [2.24, 2.45) is 0 Å². The predicted molar refractivity (Wildman–Crippen MR) is 72.5 cm³/mol. The molecule has 0 amide bonds. The van der Waals surface area contributed by atoms with Gasteiger partial charge in [-0.2, -0.15) is 0 Å². The number of halogens is 1. The second-order valence-corrected chi connectivity index (χ2v) is 5.59. The third-order valence-electron chi connectivity index (χ3n) is 3.43. The Labute approximate surface area is 113 Å². The minimum Gasteiger partial charge on any atom is -0.390 e. The summed E-state index contributed by atoms with van der Waals surface area (Å²) in [6.45, 7) is 2.21. The zero-order valence-electron chi connectivity index (χ0n) is 10.6. The summed E-state index contributed by atoms with van der Waals surface area (Å²) in [7, 11) is 0. The van der Waals surface area contributed by atoms with Crippen molar-refractivity contribution in [1.82, 2.24) is 0 Å². The van der Waals surface area contributed by atoms with Gasteiger partial charge in [-0.15, -0.1) is 0 Å². The smallest absolute Gasteiger partial charge is 0.107 e. The normalized spacial score (nSPS) is 33.9. The minimum absolute atomic E-state index is 0.109. The van der Waals surface area contributed by atoms with Gasteiger partial charge < -0.3 is 14.9 Å². The average Bonchev–Trinajstić information content (AvgIpc) is 2.33. The van der Waals surface area contributed by atoms with Crippen LogP contribution in [0.2, 0.25) is 0 Å². The first-order chi connectivity index (χ1) is 8.19. The van der Waals surface area contributed by atoms with E-state index in [1.165, 1.54) is 25.7 Å². The number of aliphatic hydroxyl groups excluding tert-OH is 2. The fraction of sp³-hybridized carbons (Fsp3) is 1.00. The SMILES string of the molecule is CCCCCCC[C@H]1C[C@H](O)[C@H](O)[C@@H](CBr)O1. The number of hydrogen-bond donors (Lipinski definition) is 2. The molecule has 0 aromatic carbocycles. The third-order valence-corrected chi connectivity index (χ3v) is 4.07. The van der Waals surface area contributed by atoms with Crippen molar-refractivity contribution in [2.45, 2.75) is 76.3 Å². The van der Waals surface area contributed by atoms with Gasteiger partial charge in [0.15, 0.2) is 0 Å². The highest BCUT2D eigenvalue weighted by Gasteiger charge is 2.35. The van der Waals surface area contributed by atoms with Crippen LogP contribution in [0.1, 0.15) is 51.9 Å². The Morgan fingerprint density at radius 2 is 1.88 bits per heavy atom. The summed E-state index contributed by atoms with van der Waals surface area (Å²) in [6.07, 6.45) is 6.28. The average molecular weight is 309 g/mol. The first kappa shape index (κ1) is 15.4. The van der Waals surface area contributed by atoms with Crippen LogP contribution in [-0.2, 0) is 4.74 Å². The van der Waals surface area contributed by atoms with Crippen molar-refractivity contribution in [3.8, 4) is 0 Å². The molecule has 3 nitrogen and oxygen atoms in total. The Hall–Kier alpha value is 0.360. The van der Waals surface area contributed by atoms with E-state index in [0.717, 1.165) is 12.8 Å². The van der Waals surface area contributed by atoms with Crippen LogP contribution >= 0.6 is 15.9 Å². The summed E-state index contributed by atoms with van der Waals surface area (Å²) in [5, 5.41) is 20.0. The van der Waals surface area contributed by atoms with Crippen LogP contribution in [0.5, 0.6) is 0 Å². The van der Waals surface area contributed by atoms with Gasteiger partial charge in [0.2, 0.25) is 0 Å². The van der Waals surface area contributed by atoms with Gasteiger partial charge >= 0.3 is 0 Å². The molecule has 1 saturated heterocycles. The first-order valence-electron chi connectivity index (χ1n) is 6.76. The molecule has 0 spiro atoms. The van der Waals surface area contributed by atoms with E-state index in [1.54, 1.807) is 0 Å². The summed E-state index contributed by atoms with van der Waals surface area (Å²) in [6, 6.07) is 0. The molecule has 17 heavy (non-hydrogen) atoms. The van der Waals surface area contributed by atoms with Crippen molar-refractivity contribution in [1.29, 1.82) is 0 Å². The molecule has 0 unspecified atom stereocenters. The fourth-order valence-electron chi connectivity index (χ4n) is 2.33. The van der Waals surface area contributed by atoms with Gasteiger partial charge in [0.1, 0.15) is 6.10 Å². The van der Waals surface area contributed by atoms with Crippen LogP contribution in [0.4, 0.5) is 0 Å². The Morgan fingerprint density at radius 1 is 1.18 bits per heavy atom. The molecule has 0 aliphatic carbocycles. The summed E-state index contributed by atoms with van der Waals surface area (Å²) in [5.41, 5.74) is 0. The van der Waals surface area contributed by atoms with Gasteiger partial charge in [0.25, 0.3) is 0 Å². The molecule has 4 heteroatoms. The number of alkyl halides is 1. The van der Waals surface area contributed by atoms with Crippen LogP contribution in [0.25, 0.3) is 0 Å². The molecule has 1 aliphatic heterocycles. The van der Waals surface area contributed by atoms with E-state index < -0.39 is 12.2 Å². The number of rotatable bonds is 7. The van der Waals surface area contributed by atoms with Crippen molar-refractivity contribution in [3.63, 3.8) is 0 Å². The molecular formula is C13H25BrO3. The Morgan fingerprint density at radius 3 is 2.53 bits per heavy atom. The summed E-state index contributed by atoms with van der Waals surface area (Å²) in [4.78, 5) is 0. The summed E-state index contributed by atoms with van der Waals surface area (Å²) < 4.78 is 5.77. The van der Waals surface area contributed by atoms with E-state index in [2.05, 4.69) is 22.9 Å². The van der Waals surface area contributed by atoms with Crippen LogP contribution in [0.15, 0.2) is 0 Å². The zero-order valence-corrected chi connectivity index (χ0v) is 12.2. The Balaban J connectivity index is 2.20. The lowest BCUT2D eigenvalue weighted by Gasteiger charge is -2.36. The number of hydrogen-bond acceptors (Lipinski definition) is 3. The van der Waals surface area contributed by atoms with Gasteiger partial charge in [-0.1, -0.05) is 55.0 Å². The Bertz CT molecular complexity index is 201. The molecule has 1 heterocycles. The largest absolute Gasteiger partial charge is 0.390 e. The van der Waals surface area contributed by atoms with Gasteiger partial charge in [0.05, 0.1) is 18.3 Å². The fourth-order valence-corrected chi connectivity index (χ4v) is 2.86. The minimum atomic E-state index is -0.745. The highest BCUT2D eigenvalue weighted by molar-refractivity contribution is 9.09. The maximum atomic E-state index is 9.74. The molecular weight excluding hydrogens is 284 g/mol. The monoisotopic (exact) mass is 308 g/mol. The molecule has 1 rings (SSSR count). The maximum Gasteiger partial charge on any atom is 0.107 e. The number of unbranched alkanes of at least 4 members (excludes halogenated alkanes) is 4. The van der Waals surface area contributed by atoms with Crippen LogP contribution in [0, 0.1) is 0 Å². The summed E-state index contributed by atoms with van der Waals surface area (Å²) >= 11 is 3.31. The van der Waals surface area contributed by atoms with Crippen LogP contribution in [-0.4, -0.2) is 40.0 Å². The lowest BCUT2D eigenvalue weighted by atomic mass is 9.95. The number of ether oxygens (including phenoxy) is 1. The highest BCUT2D eigenvalue weighted by Crippen LogP contribution is 2.25. The standard InChI is InChI=1S/C13H25BrO3/c1-2-3-4-5-6-7-10-8-11(15)13(16)12(9-14)17-10/h10-13,15-16H,2-9H2,1H3/t10-,11-,12+,13-/m0/s1. The Kier molecular flexibility index (Phi) is 7.67. The third kappa shape index (κ3) is 5.25. The maximum absolute atomic E-state index is 9.74. The number of aliphatic hydroxyl groups is 2. The van der Waals surface area contributed by atoms with E-state index in [4.69, 9.17) is 4.74 Å². The van der Waals surface area contributed by atoms with E-state index in [1.807, 2.05) is 0 Å². The quantitative estimate of drug-likeness (QED) is 0.561. The lowest BCUT2D eigenvalue weighted by molar-refractivity contribution is -0.161. The van der Waals surface area contributed by atoms with Crippen molar-refractivity contribution in [3.05, 3.63) is 0 Å². The van der Waals surface area contributed by atoms with E-state index >= 15 is 0 Å². The van der Waals surface area contributed by atoms with Crippen molar-refractivity contribution >= 4 is 15.9 Å². The lowest BCUT2D eigenvalue weighted by Crippen LogP contribution is -2.48. The highest BCUT2D eigenvalue weighted by atomic mass is 79.9. The van der Waals surface area contributed by atoms with E-state index in [9.17, 15) is 10.2 Å². The van der Waals surface area contributed by atoms with Gasteiger partial charge in [-0.25, -0.2) is 0 Å². The van der Waals surface area contributed by atoms with Crippen LogP contribution < -0.4 is 0 Å². The molecule has 4 atom stereocenters. The van der Waals surface area contributed by atoms with Crippen molar-refractivity contribution < 1.29 is 14.9 Å². The topological polar surface area (TPSA) is 49.7 Å². The van der Waals surface area contributed by atoms with E-state index in [-0.39, 0.29) is 12.2 Å². The molecule has 2 N–H and O–H groups in total. The molecule has 102 valence electrons. The summed E-state index contributed by atoms with van der Waals surface area (Å²) in [5.74, 6) is 0. The molecule has 0 aromatic rings. The van der Waals surface area contributed by atoms with Gasteiger partial charge in [0, 0.05) is 11.8 Å². The zero-order chi connectivity index (χ0) is 12.7. The predicted octanol–water partition coefficient (Wildman–Crippen LogP) is 2.62. The van der Waals surface area contributed by atoms with Crippen LogP contribution in [0.3, 0.4) is 0 Å². The second-order valence-electron chi connectivity index (χ2n) is 4.95. The molecule has 0 bridgehead atoms. The molecule has 1 fully saturated rings. The van der Waals surface area contributed by atoms with Crippen molar-refractivity contribution in [2.75, 3.05) is 5.33 Å². The molecule has 0 aromatic heterocycles. The molecule has 0 saturated carbocycles.